The number of aliphatic imine (C=N–C) groups is 1. The molecule has 1 N–H and O–H groups in total. The van der Waals surface area contributed by atoms with Gasteiger partial charge >= 0.3 is 6.09 Å². The first kappa shape index (κ1) is 18.2. The van der Waals surface area contributed by atoms with Crippen LogP contribution < -0.4 is 5.32 Å². The Kier molecular flexibility index (Phi) is 6.05. The molecule has 2 aliphatic heterocycles. The largest absolute Gasteiger partial charge is 0.453 e. The Labute approximate surface area is 150 Å². The fraction of sp³-hybridized carbons (Fsp3) is 0.688. The first-order valence-corrected chi connectivity index (χ1v) is 8.97. The van der Waals surface area contributed by atoms with Crippen molar-refractivity contribution in [1.29, 1.82) is 0 Å². The molecule has 3 atom stereocenters. The first-order chi connectivity index (χ1) is 10.8. The van der Waals surface area contributed by atoms with Crippen molar-refractivity contribution < 1.29 is 14.3 Å². The fourth-order valence-electron chi connectivity index (χ4n) is 3.10. The fourth-order valence-corrected chi connectivity index (χ4v) is 3.63. The summed E-state index contributed by atoms with van der Waals surface area (Å²) < 4.78 is 5.84. The third kappa shape index (κ3) is 4.24. The Morgan fingerprint density at radius 3 is 2.70 bits per heavy atom. The minimum Gasteiger partial charge on any atom is -0.453 e. The highest BCUT2D eigenvalue weighted by Crippen LogP contribution is 2.30. The van der Waals surface area contributed by atoms with E-state index in [9.17, 15) is 9.59 Å². The topological polar surface area (TPSA) is 71.0 Å². The Hall–Kier alpha value is -1.12. The van der Waals surface area contributed by atoms with Crippen LogP contribution in [0, 0.1) is 11.8 Å². The SMILES string of the molecule is COC(=O)N[C@H](C(=O)N1C[C@@H](C)C[C@H]1C1=NC=C(I)C1)C(C)C. The quantitative estimate of drug-likeness (QED) is 0.694. The monoisotopic (exact) mass is 433 g/mol. The molecule has 2 amide bonds. The standard InChI is InChI=1S/C16H24IN3O3/c1-9(2)14(19-16(22)23-4)15(21)20-8-10(3)5-13(20)12-6-11(17)7-18-12/h7,9-10,13-14H,5-6,8H2,1-4H3,(H,19,22)/t10-,13-,14-/m0/s1. The number of hydrogen-bond acceptors (Lipinski definition) is 4. The summed E-state index contributed by atoms with van der Waals surface area (Å²) >= 11 is 2.28. The second-order valence-corrected chi connectivity index (χ2v) is 7.96. The molecule has 2 aliphatic rings. The molecular formula is C16H24IN3O3. The lowest BCUT2D eigenvalue weighted by atomic mass is 10.0. The summed E-state index contributed by atoms with van der Waals surface area (Å²) in [5.41, 5.74) is 1.05. The smallest absolute Gasteiger partial charge is 0.407 e. The number of halogens is 1. The Bertz CT molecular complexity index is 545. The van der Waals surface area contributed by atoms with E-state index in [1.807, 2.05) is 24.9 Å². The van der Waals surface area contributed by atoms with Gasteiger partial charge in [0.2, 0.25) is 5.91 Å². The van der Waals surface area contributed by atoms with Gasteiger partial charge in [-0.05, 0) is 40.8 Å². The maximum absolute atomic E-state index is 13.0. The number of likely N-dealkylation sites (tertiary alicyclic amines) is 1. The van der Waals surface area contributed by atoms with Crippen molar-refractivity contribution in [3.8, 4) is 0 Å². The van der Waals surface area contributed by atoms with Crippen molar-refractivity contribution in [3.05, 3.63) is 9.78 Å². The second-order valence-electron chi connectivity index (χ2n) is 6.58. The first-order valence-electron chi connectivity index (χ1n) is 7.89. The van der Waals surface area contributed by atoms with Gasteiger partial charge in [-0.2, -0.15) is 0 Å². The van der Waals surface area contributed by atoms with Crippen LogP contribution in [0.25, 0.3) is 0 Å². The van der Waals surface area contributed by atoms with E-state index in [0.29, 0.717) is 12.5 Å². The molecule has 7 heteroatoms. The number of hydrogen-bond donors (Lipinski definition) is 1. The highest BCUT2D eigenvalue weighted by Gasteiger charge is 2.40. The van der Waals surface area contributed by atoms with Crippen LogP contribution >= 0.6 is 22.6 Å². The van der Waals surface area contributed by atoms with Gasteiger partial charge in [0.25, 0.3) is 0 Å². The number of methoxy groups -OCH3 is 1. The normalized spacial score (nSPS) is 25.2. The third-order valence-electron chi connectivity index (χ3n) is 4.29. The van der Waals surface area contributed by atoms with E-state index >= 15 is 0 Å². The zero-order chi connectivity index (χ0) is 17.1. The van der Waals surface area contributed by atoms with E-state index in [1.54, 1.807) is 0 Å². The maximum atomic E-state index is 13.0. The predicted octanol–water partition coefficient (Wildman–Crippen LogP) is 2.73. The van der Waals surface area contributed by atoms with Crippen LogP contribution in [0.1, 0.15) is 33.6 Å². The lowest BCUT2D eigenvalue weighted by Crippen LogP contribution is -2.53. The summed E-state index contributed by atoms with van der Waals surface area (Å²) in [4.78, 5) is 30.9. The minimum atomic E-state index is -0.579. The number of nitrogens with zero attached hydrogens (tertiary/aromatic N) is 2. The molecule has 0 saturated carbocycles. The van der Waals surface area contributed by atoms with Crippen LogP contribution in [0.5, 0.6) is 0 Å². The molecular weight excluding hydrogens is 409 g/mol. The van der Waals surface area contributed by atoms with Gasteiger partial charge in [0.05, 0.1) is 13.2 Å². The van der Waals surface area contributed by atoms with Crippen molar-refractivity contribution >= 4 is 40.3 Å². The van der Waals surface area contributed by atoms with E-state index in [1.165, 1.54) is 10.7 Å². The number of allylic oxidation sites excluding steroid dienone is 1. The number of ether oxygens (including phenoxy) is 1. The van der Waals surface area contributed by atoms with E-state index < -0.39 is 12.1 Å². The van der Waals surface area contributed by atoms with E-state index in [0.717, 1.165) is 18.6 Å². The number of alkyl carbamates (subject to hydrolysis) is 1. The summed E-state index contributed by atoms with van der Waals surface area (Å²) in [7, 11) is 1.30. The van der Waals surface area contributed by atoms with Crippen LogP contribution in [0.3, 0.4) is 0 Å². The van der Waals surface area contributed by atoms with Crippen molar-refractivity contribution in [2.24, 2.45) is 16.8 Å². The predicted molar refractivity (Wildman–Crippen MR) is 97.6 cm³/mol. The van der Waals surface area contributed by atoms with E-state index in [-0.39, 0.29) is 17.9 Å². The van der Waals surface area contributed by atoms with Crippen molar-refractivity contribution in [1.82, 2.24) is 10.2 Å². The van der Waals surface area contributed by atoms with Crippen LogP contribution in [0.2, 0.25) is 0 Å². The number of carbonyl (C=O) groups excluding carboxylic acids is 2. The number of carbonyl (C=O) groups is 2. The average Bonchev–Trinajstić information content (AvgIpc) is 3.09. The molecule has 0 radical (unpaired) electrons. The van der Waals surface area contributed by atoms with Gasteiger partial charge in [-0.1, -0.05) is 20.8 Å². The highest BCUT2D eigenvalue weighted by molar-refractivity contribution is 14.1. The lowest BCUT2D eigenvalue weighted by Gasteiger charge is -2.31. The molecule has 128 valence electrons. The van der Waals surface area contributed by atoms with Crippen molar-refractivity contribution in [3.63, 3.8) is 0 Å². The van der Waals surface area contributed by atoms with Crippen molar-refractivity contribution in [2.45, 2.75) is 45.7 Å². The molecule has 1 saturated heterocycles. The molecule has 0 aromatic heterocycles. The molecule has 1 fully saturated rings. The Morgan fingerprint density at radius 1 is 1.48 bits per heavy atom. The van der Waals surface area contributed by atoms with Gasteiger partial charge < -0.3 is 15.0 Å². The summed E-state index contributed by atoms with van der Waals surface area (Å²) in [6.07, 6.45) is 3.04. The van der Waals surface area contributed by atoms with E-state index in [2.05, 4.69) is 44.6 Å². The number of amides is 2. The maximum Gasteiger partial charge on any atom is 0.407 e. The van der Waals surface area contributed by atoms with Crippen LogP contribution in [0.15, 0.2) is 14.8 Å². The second kappa shape index (κ2) is 7.63. The molecule has 0 spiro atoms. The summed E-state index contributed by atoms with van der Waals surface area (Å²) in [6.45, 7) is 6.69. The number of rotatable bonds is 4. The van der Waals surface area contributed by atoms with Gasteiger partial charge in [-0.25, -0.2) is 4.79 Å². The van der Waals surface area contributed by atoms with E-state index in [4.69, 9.17) is 0 Å². The van der Waals surface area contributed by atoms with Crippen molar-refractivity contribution in [2.75, 3.05) is 13.7 Å². The summed E-state index contributed by atoms with van der Waals surface area (Å²) in [6, 6.07) is -0.550. The van der Waals surface area contributed by atoms with Crippen LogP contribution in [-0.4, -0.2) is 48.4 Å². The zero-order valence-corrected chi connectivity index (χ0v) is 16.2. The summed E-state index contributed by atoms with van der Waals surface area (Å²) in [5.74, 6) is 0.363. The molecule has 0 aromatic rings. The molecule has 2 rings (SSSR count). The van der Waals surface area contributed by atoms with Gasteiger partial charge in [-0.15, -0.1) is 0 Å². The molecule has 6 nitrogen and oxygen atoms in total. The van der Waals surface area contributed by atoms with Gasteiger partial charge in [0.15, 0.2) is 0 Å². The summed E-state index contributed by atoms with van der Waals surface area (Å²) in [5, 5.41) is 2.67. The average molecular weight is 433 g/mol. The molecule has 2 heterocycles. The Morgan fingerprint density at radius 2 is 2.17 bits per heavy atom. The molecule has 0 unspecified atom stereocenters. The zero-order valence-electron chi connectivity index (χ0n) is 14.0. The third-order valence-corrected chi connectivity index (χ3v) is 4.95. The van der Waals surface area contributed by atoms with Gasteiger partial charge in [0, 0.05) is 28.5 Å². The van der Waals surface area contributed by atoms with Crippen LogP contribution in [0.4, 0.5) is 4.79 Å². The minimum absolute atomic E-state index is 0.0121. The Balaban J connectivity index is 2.15. The van der Waals surface area contributed by atoms with Crippen LogP contribution in [-0.2, 0) is 9.53 Å². The highest BCUT2D eigenvalue weighted by atomic mass is 127. The molecule has 0 aliphatic carbocycles. The molecule has 0 bridgehead atoms. The molecule has 0 aromatic carbocycles. The number of nitrogens with one attached hydrogen (secondary N) is 1. The van der Waals surface area contributed by atoms with Gasteiger partial charge in [0.1, 0.15) is 6.04 Å². The van der Waals surface area contributed by atoms with Gasteiger partial charge in [-0.3, -0.25) is 9.79 Å². The lowest BCUT2D eigenvalue weighted by molar-refractivity contribution is -0.134. The molecule has 23 heavy (non-hydrogen) atoms.